The van der Waals surface area contributed by atoms with Gasteiger partial charge in [-0.05, 0) is 25.1 Å². The molecule has 0 bridgehead atoms. The van der Waals surface area contributed by atoms with Gasteiger partial charge in [-0.1, -0.05) is 0 Å². The van der Waals surface area contributed by atoms with Crippen LogP contribution in [0, 0.1) is 0 Å². The molecular formula is C14H17NO6. The minimum absolute atomic E-state index is 0.242. The van der Waals surface area contributed by atoms with Gasteiger partial charge in [-0.25, -0.2) is 4.79 Å². The number of amides is 1. The second-order valence-electron chi connectivity index (χ2n) is 4.74. The minimum atomic E-state index is -1.37. The number of benzene rings is 1. The topological polar surface area (TPSA) is 105 Å². The number of aliphatic hydroxyl groups excluding tert-OH is 1. The van der Waals surface area contributed by atoms with Crippen LogP contribution in [-0.2, 0) is 4.79 Å². The Morgan fingerprint density at radius 1 is 1.24 bits per heavy atom. The Kier molecular flexibility index (Phi) is 4.64. The summed E-state index contributed by atoms with van der Waals surface area (Å²) >= 11 is 0. The van der Waals surface area contributed by atoms with E-state index in [1.165, 1.54) is 19.1 Å². The van der Waals surface area contributed by atoms with E-state index >= 15 is 0 Å². The largest absolute Gasteiger partial charge is 0.490 e. The third-order valence-electron chi connectivity index (χ3n) is 3.04. The molecule has 1 aliphatic heterocycles. The van der Waals surface area contributed by atoms with Crippen LogP contribution in [-0.4, -0.2) is 47.4 Å². The predicted octanol–water partition coefficient (Wildman–Crippen LogP) is 0.412. The van der Waals surface area contributed by atoms with Gasteiger partial charge in [0, 0.05) is 12.0 Å². The van der Waals surface area contributed by atoms with Gasteiger partial charge in [-0.15, -0.1) is 0 Å². The van der Waals surface area contributed by atoms with Crippen molar-refractivity contribution in [1.29, 1.82) is 0 Å². The lowest BCUT2D eigenvalue weighted by molar-refractivity contribution is -0.141. The maximum atomic E-state index is 12.1. The molecule has 7 heteroatoms. The molecule has 2 atom stereocenters. The first-order chi connectivity index (χ1) is 9.99. The van der Waals surface area contributed by atoms with Crippen molar-refractivity contribution in [2.45, 2.75) is 25.5 Å². The maximum Gasteiger partial charge on any atom is 0.328 e. The predicted molar refractivity (Wildman–Crippen MR) is 72.6 cm³/mol. The molecule has 0 radical (unpaired) electrons. The SMILES string of the molecule is CC(O)C(NC(=O)c1ccc2c(c1)OCCCO2)C(=O)O. The summed E-state index contributed by atoms with van der Waals surface area (Å²) in [7, 11) is 0. The fourth-order valence-corrected chi connectivity index (χ4v) is 1.92. The fraction of sp³-hybridized carbons (Fsp3) is 0.429. The number of fused-ring (bicyclic) bond motifs is 1. The molecule has 2 unspecified atom stereocenters. The van der Waals surface area contributed by atoms with Crippen LogP contribution < -0.4 is 14.8 Å². The van der Waals surface area contributed by atoms with Crippen LogP contribution in [0.5, 0.6) is 11.5 Å². The van der Waals surface area contributed by atoms with Crippen LogP contribution in [0.2, 0.25) is 0 Å². The normalized spacial score (nSPS) is 16.5. The monoisotopic (exact) mass is 295 g/mol. The summed E-state index contributed by atoms with van der Waals surface area (Å²) in [5.74, 6) is -0.898. The van der Waals surface area contributed by atoms with Gasteiger partial charge in [0.2, 0.25) is 0 Å². The Hall–Kier alpha value is -2.28. The highest BCUT2D eigenvalue weighted by Gasteiger charge is 2.26. The zero-order valence-corrected chi connectivity index (χ0v) is 11.5. The quantitative estimate of drug-likeness (QED) is 0.743. The first-order valence-corrected chi connectivity index (χ1v) is 6.60. The first kappa shape index (κ1) is 15.1. The van der Waals surface area contributed by atoms with E-state index in [-0.39, 0.29) is 5.56 Å². The molecule has 0 saturated heterocycles. The Balaban J connectivity index is 2.16. The fourth-order valence-electron chi connectivity index (χ4n) is 1.92. The summed E-state index contributed by atoms with van der Waals surface area (Å²) in [5.41, 5.74) is 0.242. The third-order valence-corrected chi connectivity index (χ3v) is 3.04. The van der Waals surface area contributed by atoms with Crippen molar-refractivity contribution in [3.05, 3.63) is 23.8 Å². The number of nitrogens with one attached hydrogen (secondary N) is 1. The van der Waals surface area contributed by atoms with E-state index in [9.17, 15) is 14.7 Å². The highest BCUT2D eigenvalue weighted by atomic mass is 16.5. The van der Waals surface area contributed by atoms with Crippen LogP contribution in [0.15, 0.2) is 18.2 Å². The van der Waals surface area contributed by atoms with Crippen molar-refractivity contribution >= 4 is 11.9 Å². The number of rotatable bonds is 4. The maximum absolute atomic E-state index is 12.1. The molecule has 1 amide bonds. The summed E-state index contributed by atoms with van der Waals surface area (Å²) in [4.78, 5) is 23.0. The van der Waals surface area contributed by atoms with E-state index < -0.39 is 24.0 Å². The molecule has 1 aliphatic rings. The van der Waals surface area contributed by atoms with Gasteiger partial charge < -0.3 is 25.0 Å². The van der Waals surface area contributed by atoms with Crippen molar-refractivity contribution in [3.8, 4) is 11.5 Å². The van der Waals surface area contributed by atoms with Crippen molar-refractivity contribution in [1.82, 2.24) is 5.32 Å². The number of hydrogen-bond acceptors (Lipinski definition) is 5. The smallest absolute Gasteiger partial charge is 0.328 e. The molecule has 1 heterocycles. The molecule has 114 valence electrons. The molecular weight excluding hydrogens is 278 g/mol. The van der Waals surface area contributed by atoms with Gasteiger partial charge in [-0.3, -0.25) is 4.79 Å². The Morgan fingerprint density at radius 2 is 1.90 bits per heavy atom. The van der Waals surface area contributed by atoms with Crippen LogP contribution in [0.25, 0.3) is 0 Å². The molecule has 1 aromatic carbocycles. The molecule has 3 N–H and O–H groups in total. The van der Waals surface area contributed by atoms with Crippen molar-refractivity contribution in [2.75, 3.05) is 13.2 Å². The zero-order valence-electron chi connectivity index (χ0n) is 11.5. The number of carboxylic acid groups (broad SMARTS) is 1. The summed E-state index contributed by atoms with van der Waals surface area (Å²) < 4.78 is 10.9. The first-order valence-electron chi connectivity index (χ1n) is 6.60. The van der Waals surface area contributed by atoms with E-state index in [4.69, 9.17) is 14.6 Å². The number of aliphatic carboxylic acids is 1. The Morgan fingerprint density at radius 3 is 2.52 bits per heavy atom. The van der Waals surface area contributed by atoms with Crippen LogP contribution >= 0.6 is 0 Å². The average Bonchev–Trinajstić information content (AvgIpc) is 2.68. The summed E-state index contributed by atoms with van der Waals surface area (Å²) in [6, 6.07) is 3.25. The molecule has 2 rings (SSSR count). The van der Waals surface area contributed by atoms with Gasteiger partial charge in [0.05, 0.1) is 19.3 Å². The van der Waals surface area contributed by atoms with Gasteiger partial charge in [0.25, 0.3) is 5.91 Å². The average molecular weight is 295 g/mol. The van der Waals surface area contributed by atoms with Crippen LogP contribution in [0.1, 0.15) is 23.7 Å². The second kappa shape index (κ2) is 6.45. The van der Waals surface area contributed by atoms with E-state index in [0.717, 1.165) is 6.42 Å². The molecule has 0 saturated carbocycles. The molecule has 7 nitrogen and oxygen atoms in total. The van der Waals surface area contributed by atoms with Crippen LogP contribution in [0.3, 0.4) is 0 Å². The molecule has 21 heavy (non-hydrogen) atoms. The van der Waals surface area contributed by atoms with Crippen molar-refractivity contribution in [3.63, 3.8) is 0 Å². The van der Waals surface area contributed by atoms with E-state index in [0.29, 0.717) is 24.7 Å². The Bertz CT molecular complexity index is 542. The summed E-state index contributed by atoms with van der Waals surface area (Å²) in [6.07, 6.45) is -0.453. The van der Waals surface area contributed by atoms with E-state index in [1.807, 2.05) is 0 Å². The summed E-state index contributed by atoms with van der Waals surface area (Å²) in [5, 5.41) is 20.6. The lowest BCUT2D eigenvalue weighted by atomic mass is 10.1. The molecule has 0 aromatic heterocycles. The number of hydrogen-bond donors (Lipinski definition) is 3. The number of ether oxygens (including phenoxy) is 2. The minimum Gasteiger partial charge on any atom is -0.490 e. The molecule has 1 aromatic rings. The van der Waals surface area contributed by atoms with Gasteiger partial charge in [-0.2, -0.15) is 0 Å². The molecule has 0 fully saturated rings. The van der Waals surface area contributed by atoms with Gasteiger partial charge in [0.1, 0.15) is 0 Å². The molecule has 0 aliphatic carbocycles. The number of carboxylic acids is 1. The standard InChI is InChI=1S/C14H17NO6/c1-8(16)12(14(18)19)15-13(17)9-3-4-10-11(7-9)21-6-2-5-20-10/h3-4,7-8,12,16H,2,5-6H2,1H3,(H,15,17)(H,18,19). The van der Waals surface area contributed by atoms with E-state index in [1.54, 1.807) is 6.07 Å². The highest BCUT2D eigenvalue weighted by Crippen LogP contribution is 2.30. The van der Waals surface area contributed by atoms with Crippen molar-refractivity contribution in [2.24, 2.45) is 0 Å². The lowest BCUT2D eigenvalue weighted by Gasteiger charge is -2.17. The highest BCUT2D eigenvalue weighted by molar-refractivity contribution is 5.97. The Labute approximate surface area is 121 Å². The van der Waals surface area contributed by atoms with Gasteiger partial charge in [0.15, 0.2) is 17.5 Å². The third kappa shape index (κ3) is 3.63. The van der Waals surface area contributed by atoms with E-state index in [2.05, 4.69) is 5.32 Å². The van der Waals surface area contributed by atoms with Gasteiger partial charge >= 0.3 is 5.97 Å². The van der Waals surface area contributed by atoms with Crippen LogP contribution in [0.4, 0.5) is 0 Å². The number of carbonyl (C=O) groups is 2. The number of carbonyl (C=O) groups excluding carboxylic acids is 1. The molecule has 0 spiro atoms. The number of aliphatic hydroxyl groups is 1. The zero-order chi connectivity index (χ0) is 15.4. The van der Waals surface area contributed by atoms with Crippen molar-refractivity contribution < 1.29 is 29.3 Å². The lowest BCUT2D eigenvalue weighted by Crippen LogP contribution is -2.47. The summed E-state index contributed by atoms with van der Waals surface area (Å²) in [6.45, 7) is 2.33. The second-order valence-corrected chi connectivity index (χ2v) is 4.74.